The molecule has 1 spiro atoms. The number of piperidine rings is 1. The van der Waals surface area contributed by atoms with E-state index in [1.807, 2.05) is 13.1 Å². The Kier molecular flexibility index (Phi) is 10.6. The fourth-order valence-corrected chi connectivity index (χ4v) is 6.79. The Morgan fingerprint density at radius 3 is 2.36 bits per heavy atom. The molecule has 1 fully saturated rings. The Hall–Kier alpha value is -3.85. The van der Waals surface area contributed by atoms with Gasteiger partial charge in [0.1, 0.15) is 5.60 Å². The number of aromatic nitrogens is 1. The Labute approximate surface area is 267 Å². The SMILES string of the molecule is CC(C)(CNC=O)NC(=O)OC(C)(C)C.CNC(C(=O)N1CCC2(CCc3ccccc32)CC1)C(C)c1c[nH]c2ccccc12. The van der Waals surface area contributed by atoms with Crippen LogP contribution in [0.5, 0.6) is 0 Å². The minimum absolute atomic E-state index is 0.0988. The third-order valence-electron chi connectivity index (χ3n) is 9.15. The number of amides is 3. The van der Waals surface area contributed by atoms with E-state index in [4.69, 9.17) is 4.74 Å². The number of aryl methyl sites for hydroxylation is 1. The van der Waals surface area contributed by atoms with Crippen molar-refractivity contribution in [2.45, 2.75) is 95.7 Å². The molecule has 2 atom stereocenters. The minimum atomic E-state index is -0.525. The first-order valence-electron chi connectivity index (χ1n) is 16.1. The smallest absolute Gasteiger partial charge is 0.408 e. The number of likely N-dealkylation sites (N-methyl/N-ethyl adjacent to an activating group) is 1. The number of carbonyl (C=O) groups excluding carboxylic acids is 3. The maximum Gasteiger partial charge on any atom is 0.408 e. The molecule has 2 aromatic carbocycles. The summed E-state index contributed by atoms with van der Waals surface area (Å²) >= 11 is 0. The van der Waals surface area contributed by atoms with Gasteiger partial charge in [-0.05, 0) is 95.5 Å². The second kappa shape index (κ2) is 14.1. The molecule has 1 aromatic heterocycles. The molecule has 9 nitrogen and oxygen atoms in total. The molecule has 4 N–H and O–H groups in total. The fourth-order valence-electron chi connectivity index (χ4n) is 6.79. The summed E-state index contributed by atoms with van der Waals surface area (Å²) in [7, 11) is 1.91. The number of ether oxygens (including phenoxy) is 1. The monoisotopic (exact) mass is 617 g/mol. The standard InChI is InChI=1S/C26H31N3O.C10H20N2O3/c1-18(21-17-28-23-10-6-4-8-20(21)23)24(27-2)25(30)29-15-13-26(14-16-29)12-11-19-7-3-5-9-22(19)26;1-9(2,3)15-8(14)12-10(4,5)6-11-7-13/h3-10,17-18,24,27-28H,11-16H2,1-2H3;7H,6H2,1-5H3,(H,11,13)(H,12,14). The van der Waals surface area contributed by atoms with Crippen molar-refractivity contribution in [3.8, 4) is 0 Å². The lowest BCUT2D eigenvalue weighted by Crippen LogP contribution is -2.52. The number of carbonyl (C=O) groups is 3. The van der Waals surface area contributed by atoms with Gasteiger partial charge in [-0.1, -0.05) is 49.4 Å². The fraction of sp³-hybridized carbons (Fsp3) is 0.528. The Morgan fingerprint density at radius 2 is 1.69 bits per heavy atom. The highest BCUT2D eigenvalue weighted by Crippen LogP contribution is 2.46. The summed E-state index contributed by atoms with van der Waals surface area (Å²) in [5, 5.41) is 9.70. The van der Waals surface area contributed by atoms with Gasteiger partial charge < -0.3 is 30.6 Å². The number of alkyl carbamates (subject to hydrolysis) is 1. The minimum Gasteiger partial charge on any atom is -0.444 e. The molecular weight excluding hydrogens is 566 g/mol. The lowest BCUT2D eigenvalue weighted by molar-refractivity contribution is -0.135. The molecule has 3 amide bonds. The molecule has 2 heterocycles. The van der Waals surface area contributed by atoms with Gasteiger partial charge in [0.25, 0.3) is 0 Å². The number of nitrogens with one attached hydrogen (secondary N) is 4. The van der Waals surface area contributed by atoms with Crippen molar-refractivity contribution in [1.29, 1.82) is 0 Å². The first kappa shape index (κ1) is 34.0. The van der Waals surface area contributed by atoms with E-state index in [1.165, 1.54) is 34.9 Å². The van der Waals surface area contributed by atoms with Crippen molar-refractivity contribution in [2.24, 2.45) is 0 Å². The molecule has 0 bridgehead atoms. The van der Waals surface area contributed by atoms with Crippen molar-refractivity contribution in [3.05, 3.63) is 71.4 Å². The molecule has 2 unspecified atom stereocenters. The van der Waals surface area contributed by atoms with Crippen LogP contribution in [0, 0.1) is 0 Å². The molecule has 3 aromatic rings. The third kappa shape index (κ3) is 8.25. The van der Waals surface area contributed by atoms with Crippen LogP contribution in [0.15, 0.2) is 54.7 Å². The van der Waals surface area contributed by atoms with Crippen LogP contribution in [-0.2, 0) is 26.2 Å². The molecule has 5 rings (SSSR count). The van der Waals surface area contributed by atoms with Gasteiger partial charge in [-0.3, -0.25) is 9.59 Å². The van der Waals surface area contributed by atoms with Crippen LogP contribution in [0.25, 0.3) is 10.9 Å². The van der Waals surface area contributed by atoms with E-state index in [-0.39, 0.29) is 23.3 Å². The largest absolute Gasteiger partial charge is 0.444 e. The first-order valence-corrected chi connectivity index (χ1v) is 16.1. The zero-order valence-corrected chi connectivity index (χ0v) is 28.0. The number of H-pyrrole nitrogens is 1. The van der Waals surface area contributed by atoms with E-state index < -0.39 is 17.2 Å². The van der Waals surface area contributed by atoms with E-state index in [1.54, 1.807) is 34.6 Å². The number of likely N-dealkylation sites (tertiary alicyclic amines) is 1. The van der Waals surface area contributed by atoms with Crippen LogP contribution in [0.1, 0.15) is 83.4 Å². The molecule has 1 aliphatic heterocycles. The average molecular weight is 618 g/mol. The maximum absolute atomic E-state index is 13.5. The summed E-state index contributed by atoms with van der Waals surface area (Å²) in [6.07, 6.45) is 6.74. The molecule has 0 saturated carbocycles. The molecule has 244 valence electrons. The van der Waals surface area contributed by atoms with Gasteiger partial charge in [0, 0.05) is 42.7 Å². The highest BCUT2D eigenvalue weighted by atomic mass is 16.6. The predicted molar refractivity (Wildman–Crippen MR) is 179 cm³/mol. The van der Waals surface area contributed by atoms with Gasteiger partial charge in [0.05, 0.1) is 11.6 Å². The van der Waals surface area contributed by atoms with Crippen LogP contribution in [0.3, 0.4) is 0 Å². The molecular formula is C36H51N5O4. The molecule has 2 aliphatic rings. The van der Waals surface area contributed by atoms with E-state index >= 15 is 0 Å². The maximum atomic E-state index is 13.5. The van der Waals surface area contributed by atoms with Gasteiger partial charge in [-0.25, -0.2) is 4.79 Å². The third-order valence-corrected chi connectivity index (χ3v) is 9.15. The molecule has 45 heavy (non-hydrogen) atoms. The van der Waals surface area contributed by atoms with Gasteiger partial charge in [0.15, 0.2) is 0 Å². The summed E-state index contributed by atoms with van der Waals surface area (Å²) in [6.45, 7) is 13.2. The van der Waals surface area contributed by atoms with E-state index in [0.717, 1.165) is 31.4 Å². The van der Waals surface area contributed by atoms with E-state index in [0.29, 0.717) is 13.0 Å². The Morgan fingerprint density at radius 1 is 1.02 bits per heavy atom. The highest BCUT2D eigenvalue weighted by Gasteiger charge is 2.43. The van der Waals surface area contributed by atoms with Crippen LogP contribution in [-0.4, -0.2) is 72.2 Å². The lowest BCUT2D eigenvalue weighted by Gasteiger charge is -2.41. The number of benzene rings is 2. The summed E-state index contributed by atoms with van der Waals surface area (Å²) in [6, 6.07) is 17.0. The topological polar surface area (TPSA) is 116 Å². The van der Waals surface area contributed by atoms with Crippen LogP contribution in [0.4, 0.5) is 4.79 Å². The van der Waals surface area contributed by atoms with Crippen molar-refractivity contribution in [3.63, 3.8) is 0 Å². The predicted octanol–water partition coefficient (Wildman–Crippen LogP) is 5.40. The number of nitrogens with zero attached hydrogens (tertiary/aromatic N) is 1. The van der Waals surface area contributed by atoms with Gasteiger partial charge >= 0.3 is 6.09 Å². The van der Waals surface area contributed by atoms with Gasteiger partial charge in [-0.2, -0.15) is 0 Å². The van der Waals surface area contributed by atoms with Crippen LogP contribution < -0.4 is 16.0 Å². The number of para-hydroxylation sites is 1. The summed E-state index contributed by atoms with van der Waals surface area (Å²) in [5.41, 5.74) is 4.62. The quantitative estimate of drug-likeness (QED) is 0.253. The number of hydrogen-bond donors (Lipinski definition) is 4. The molecule has 1 saturated heterocycles. The van der Waals surface area contributed by atoms with Gasteiger partial charge in [0.2, 0.25) is 12.3 Å². The van der Waals surface area contributed by atoms with Crippen molar-refractivity contribution in [1.82, 2.24) is 25.8 Å². The number of fused-ring (bicyclic) bond motifs is 3. The molecule has 0 radical (unpaired) electrons. The first-order chi connectivity index (χ1) is 21.3. The van der Waals surface area contributed by atoms with Gasteiger partial charge in [-0.15, -0.1) is 0 Å². The van der Waals surface area contributed by atoms with E-state index in [9.17, 15) is 14.4 Å². The highest BCUT2D eigenvalue weighted by molar-refractivity contribution is 5.87. The summed E-state index contributed by atoms with van der Waals surface area (Å²) in [5.74, 6) is 0.332. The molecule has 9 heteroatoms. The summed E-state index contributed by atoms with van der Waals surface area (Å²) in [4.78, 5) is 40.5. The Balaban J connectivity index is 0.000000262. The van der Waals surface area contributed by atoms with E-state index in [2.05, 4.69) is 81.4 Å². The number of aromatic amines is 1. The second-order valence-electron chi connectivity index (χ2n) is 14.1. The number of rotatable bonds is 8. The lowest BCUT2D eigenvalue weighted by atomic mass is 9.73. The normalized spacial score (nSPS) is 17.1. The van der Waals surface area contributed by atoms with Crippen molar-refractivity contribution in [2.75, 3.05) is 26.7 Å². The Bertz CT molecular complexity index is 1470. The van der Waals surface area contributed by atoms with Crippen LogP contribution >= 0.6 is 0 Å². The van der Waals surface area contributed by atoms with Crippen molar-refractivity contribution < 1.29 is 19.1 Å². The second-order valence-corrected chi connectivity index (χ2v) is 14.1. The van der Waals surface area contributed by atoms with Crippen molar-refractivity contribution >= 4 is 29.3 Å². The average Bonchev–Trinajstić information content (AvgIpc) is 3.58. The molecule has 1 aliphatic carbocycles. The number of hydrogen-bond acceptors (Lipinski definition) is 5. The van der Waals surface area contributed by atoms with Crippen LogP contribution in [0.2, 0.25) is 0 Å². The zero-order valence-electron chi connectivity index (χ0n) is 28.0. The summed E-state index contributed by atoms with van der Waals surface area (Å²) < 4.78 is 5.09. The zero-order chi connectivity index (χ0) is 32.8.